The van der Waals surface area contributed by atoms with Crippen molar-refractivity contribution in [3.8, 4) is 0 Å². The van der Waals surface area contributed by atoms with E-state index in [4.69, 9.17) is 0 Å². The Bertz CT molecular complexity index is 614. The second-order valence-corrected chi connectivity index (χ2v) is 5.06. The van der Waals surface area contributed by atoms with E-state index in [-0.39, 0.29) is 18.2 Å². The zero-order valence-electron chi connectivity index (χ0n) is 11.4. The van der Waals surface area contributed by atoms with Gasteiger partial charge in [0.15, 0.2) is 0 Å². The molecule has 7 heteroatoms. The van der Waals surface area contributed by atoms with Crippen molar-refractivity contribution in [3.05, 3.63) is 23.8 Å². The van der Waals surface area contributed by atoms with Crippen LogP contribution in [0.3, 0.4) is 0 Å². The van der Waals surface area contributed by atoms with Gasteiger partial charge in [0.05, 0.1) is 16.9 Å². The summed E-state index contributed by atoms with van der Waals surface area (Å²) in [7, 11) is 0. The van der Waals surface area contributed by atoms with E-state index in [2.05, 4.69) is 21.3 Å². The van der Waals surface area contributed by atoms with Crippen LogP contribution in [-0.2, 0) is 9.59 Å². The van der Waals surface area contributed by atoms with Crippen molar-refractivity contribution in [2.45, 2.75) is 18.9 Å². The molecular formula is C14H16N4O3. The Morgan fingerprint density at radius 2 is 2.00 bits per heavy atom. The molecule has 1 aromatic rings. The Kier molecular flexibility index (Phi) is 3.47. The lowest BCUT2D eigenvalue weighted by Gasteiger charge is -2.25. The van der Waals surface area contributed by atoms with Gasteiger partial charge in [-0.2, -0.15) is 0 Å². The summed E-state index contributed by atoms with van der Waals surface area (Å²) in [5.41, 5.74) is 2.11. The summed E-state index contributed by atoms with van der Waals surface area (Å²) in [5, 5.41) is 11.3. The molecule has 21 heavy (non-hydrogen) atoms. The molecule has 2 heterocycles. The molecule has 0 radical (unpaired) electrons. The van der Waals surface area contributed by atoms with Crippen LogP contribution in [0.15, 0.2) is 18.2 Å². The summed E-state index contributed by atoms with van der Waals surface area (Å²) in [6.07, 6.45) is 0.570. The van der Waals surface area contributed by atoms with Crippen LogP contribution in [0.25, 0.3) is 0 Å². The van der Waals surface area contributed by atoms with Crippen LogP contribution >= 0.6 is 0 Å². The van der Waals surface area contributed by atoms with Crippen molar-refractivity contribution in [1.82, 2.24) is 10.6 Å². The highest BCUT2D eigenvalue weighted by atomic mass is 16.2. The number of amides is 3. The van der Waals surface area contributed by atoms with Crippen molar-refractivity contribution in [2.24, 2.45) is 0 Å². The number of rotatable bonds is 2. The number of anilines is 2. The van der Waals surface area contributed by atoms with Gasteiger partial charge >= 0.3 is 0 Å². The van der Waals surface area contributed by atoms with Gasteiger partial charge in [-0.1, -0.05) is 6.07 Å². The van der Waals surface area contributed by atoms with Gasteiger partial charge in [0.2, 0.25) is 11.8 Å². The third kappa shape index (κ3) is 2.67. The normalized spacial score (nSPS) is 20.7. The molecule has 3 amide bonds. The zero-order valence-corrected chi connectivity index (χ0v) is 11.4. The van der Waals surface area contributed by atoms with Gasteiger partial charge in [0.1, 0.15) is 6.04 Å². The number of imide groups is 1. The van der Waals surface area contributed by atoms with Gasteiger partial charge < -0.3 is 16.0 Å². The van der Waals surface area contributed by atoms with Gasteiger partial charge in [-0.15, -0.1) is 0 Å². The Morgan fingerprint density at radius 3 is 2.81 bits per heavy atom. The summed E-state index contributed by atoms with van der Waals surface area (Å²) in [6.45, 7) is 1.53. The van der Waals surface area contributed by atoms with Crippen LogP contribution in [0.1, 0.15) is 23.2 Å². The molecule has 1 unspecified atom stereocenters. The lowest BCUT2D eigenvalue weighted by Crippen LogP contribution is -2.52. The Balaban J connectivity index is 1.77. The third-order valence-electron chi connectivity index (χ3n) is 3.60. The van der Waals surface area contributed by atoms with E-state index in [1.165, 1.54) is 0 Å². The van der Waals surface area contributed by atoms with Crippen LogP contribution in [0.4, 0.5) is 11.4 Å². The summed E-state index contributed by atoms with van der Waals surface area (Å²) in [6, 6.07) is 4.73. The highest BCUT2D eigenvalue weighted by molar-refractivity contribution is 6.06. The average Bonchev–Trinajstić information content (AvgIpc) is 2.49. The quantitative estimate of drug-likeness (QED) is 0.577. The number of carbonyl (C=O) groups excluding carboxylic acids is 3. The summed E-state index contributed by atoms with van der Waals surface area (Å²) < 4.78 is 0. The van der Waals surface area contributed by atoms with Crippen molar-refractivity contribution >= 4 is 29.1 Å². The minimum absolute atomic E-state index is 0.239. The van der Waals surface area contributed by atoms with Crippen LogP contribution in [0, 0.1) is 0 Å². The first kappa shape index (κ1) is 13.4. The van der Waals surface area contributed by atoms with E-state index in [0.717, 1.165) is 24.5 Å². The number of hydrogen-bond donors (Lipinski definition) is 4. The van der Waals surface area contributed by atoms with Crippen molar-refractivity contribution in [2.75, 3.05) is 23.7 Å². The fraction of sp³-hybridized carbons (Fsp3) is 0.357. The third-order valence-corrected chi connectivity index (χ3v) is 3.60. The highest BCUT2D eigenvalue weighted by Crippen LogP contribution is 2.28. The molecule has 1 aromatic carbocycles. The maximum absolute atomic E-state index is 12.4. The number of piperidine rings is 1. The van der Waals surface area contributed by atoms with Crippen molar-refractivity contribution in [1.29, 1.82) is 0 Å². The molecule has 0 bridgehead atoms. The van der Waals surface area contributed by atoms with Crippen LogP contribution in [-0.4, -0.2) is 36.9 Å². The number of nitrogens with one attached hydrogen (secondary N) is 4. The first-order chi connectivity index (χ1) is 10.1. The first-order valence-electron chi connectivity index (χ1n) is 6.90. The van der Waals surface area contributed by atoms with Gasteiger partial charge in [-0.25, -0.2) is 0 Å². The van der Waals surface area contributed by atoms with Crippen molar-refractivity contribution < 1.29 is 14.4 Å². The van der Waals surface area contributed by atoms with Gasteiger partial charge in [0, 0.05) is 19.5 Å². The summed E-state index contributed by atoms with van der Waals surface area (Å²) in [5.74, 6) is -1.07. The fourth-order valence-electron chi connectivity index (χ4n) is 2.53. The average molecular weight is 288 g/mol. The molecule has 0 spiro atoms. The molecule has 0 saturated carbocycles. The van der Waals surface area contributed by atoms with E-state index < -0.39 is 11.9 Å². The fourth-order valence-corrected chi connectivity index (χ4v) is 2.53. The van der Waals surface area contributed by atoms with E-state index in [9.17, 15) is 14.4 Å². The number of fused-ring (bicyclic) bond motifs is 1. The van der Waals surface area contributed by atoms with Gasteiger partial charge in [-0.05, 0) is 18.6 Å². The molecule has 0 aromatic heterocycles. The summed E-state index contributed by atoms with van der Waals surface area (Å²) >= 11 is 0. The number of carbonyl (C=O) groups is 3. The number of hydrogen-bond acceptors (Lipinski definition) is 5. The van der Waals surface area contributed by atoms with Gasteiger partial charge in [-0.3, -0.25) is 19.7 Å². The minimum atomic E-state index is -0.664. The van der Waals surface area contributed by atoms with Crippen molar-refractivity contribution in [3.63, 3.8) is 0 Å². The molecule has 1 atom stereocenters. The molecule has 1 fully saturated rings. The Labute approximate surface area is 121 Å². The SMILES string of the molecule is O=C1CCC(NC(=O)c2cccc3c2NCCN3)C(=O)N1. The monoisotopic (exact) mass is 288 g/mol. The molecular weight excluding hydrogens is 272 g/mol. The summed E-state index contributed by atoms with van der Waals surface area (Å²) in [4.78, 5) is 35.2. The van der Waals surface area contributed by atoms with Gasteiger partial charge in [0.25, 0.3) is 5.91 Å². The van der Waals surface area contributed by atoms with E-state index >= 15 is 0 Å². The molecule has 2 aliphatic rings. The molecule has 7 nitrogen and oxygen atoms in total. The second-order valence-electron chi connectivity index (χ2n) is 5.06. The predicted octanol–water partition coefficient (Wildman–Crippen LogP) is 0.0590. The maximum atomic E-state index is 12.4. The molecule has 0 aliphatic carbocycles. The lowest BCUT2D eigenvalue weighted by molar-refractivity contribution is -0.134. The first-order valence-corrected chi connectivity index (χ1v) is 6.90. The molecule has 3 rings (SSSR count). The highest BCUT2D eigenvalue weighted by Gasteiger charge is 2.29. The van der Waals surface area contributed by atoms with Crippen LogP contribution in [0.5, 0.6) is 0 Å². The Hall–Kier alpha value is -2.57. The van der Waals surface area contributed by atoms with Crippen LogP contribution < -0.4 is 21.3 Å². The van der Waals surface area contributed by atoms with E-state index in [1.54, 1.807) is 12.1 Å². The van der Waals surface area contributed by atoms with E-state index in [0.29, 0.717) is 12.0 Å². The molecule has 1 saturated heterocycles. The molecule has 4 N–H and O–H groups in total. The largest absolute Gasteiger partial charge is 0.382 e. The topological polar surface area (TPSA) is 99.3 Å². The molecule has 2 aliphatic heterocycles. The molecule has 110 valence electrons. The predicted molar refractivity (Wildman–Crippen MR) is 77.1 cm³/mol. The second kappa shape index (κ2) is 5.43. The lowest BCUT2D eigenvalue weighted by atomic mass is 10.0. The maximum Gasteiger partial charge on any atom is 0.254 e. The zero-order chi connectivity index (χ0) is 14.8. The van der Waals surface area contributed by atoms with E-state index in [1.807, 2.05) is 6.07 Å². The Morgan fingerprint density at radius 1 is 1.19 bits per heavy atom. The van der Waals surface area contributed by atoms with Crippen LogP contribution in [0.2, 0.25) is 0 Å². The number of para-hydroxylation sites is 1. The minimum Gasteiger partial charge on any atom is -0.382 e. The standard InChI is InChI=1S/C14H16N4O3/c19-11-5-4-10(14(21)18-11)17-13(20)8-2-1-3-9-12(8)16-7-6-15-9/h1-3,10,15-16H,4-7H2,(H,17,20)(H,18,19,21). The smallest absolute Gasteiger partial charge is 0.254 e. The number of benzene rings is 1.